The summed E-state index contributed by atoms with van der Waals surface area (Å²) in [6.07, 6.45) is 1.60. The highest BCUT2D eigenvalue weighted by atomic mass is 16.5. The van der Waals surface area contributed by atoms with E-state index < -0.39 is 5.97 Å². The van der Waals surface area contributed by atoms with Gasteiger partial charge in [-0.05, 0) is 49.8 Å². The molecule has 0 aromatic heterocycles. The average molecular weight is 349 g/mol. The molecular weight excluding hydrogens is 330 g/mol. The monoisotopic (exact) mass is 349 g/mol. The maximum atomic E-state index is 13.1. The standard InChI is InChI=1S/C21H19NO4/c1-3-26-21(25)19-14(2)22(16-9-5-4-6-10-16)20(24)18(19)13-15-8-7-11-17(23)12-15/h4-13,23H,3H2,1-2H3. The van der Waals surface area contributed by atoms with Crippen LogP contribution in [0.2, 0.25) is 0 Å². The Labute approximate surface area is 151 Å². The summed E-state index contributed by atoms with van der Waals surface area (Å²) in [5, 5.41) is 9.67. The zero-order valence-corrected chi connectivity index (χ0v) is 14.6. The third-order valence-electron chi connectivity index (χ3n) is 4.08. The number of carbonyl (C=O) groups is 2. The number of esters is 1. The molecule has 0 saturated carbocycles. The lowest BCUT2D eigenvalue weighted by Crippen LogP contribution is -2.24. The first-order chi connectivity index (χ1) is 12.5. The van der Waals surface area contributed by atoms with E-state index in [1.807, 2.05) is 30.3 Å². The van der Waals surface area contributed by atoms with Crippen LogP contribution in [0, 0.1) is 0 Å². The van der Waals surface area contributed by atoms with Gasteiger partial charge in [-0.2, -0.15) is 0 Å². The molecule has 26 heavy (non-hydrogen) atoms. The normalized spacial score (nSPS) is 15.7. The topological polar surface area (TPSA) is 66.8 Å². The van der Waals surface area contributed by atoms with Gasteiger partial charge in [-0.25, -0.2) is 4.79 Å². The van der Waals surface area contributed by atoms with Crippen molar-refractivity contribution in [3.8, 4) is 5.75 Å². The van der Waals surface area contributed by atoms with Crippen LogP contribution in [-0.4, -0.2) is 23.6 Å². The fourth-order valence-electron chi connectivity index (χ4n) is 2.95. The van der Waals surface area contributed by atoms with Crippen molar-refractivity contribution < 1.29 is 19.4 Å². The van der Waals surface area contributed by atoms with Gasteiger partial charge in [-0.15, -0.1) is 0 Å². The van der Waals surface area contributed by atoms with Gasteiger partial charge in [0.25, 0.3) is 5.91 Å². The molecule has 0 fully saturated rings. The molecule has 3 rings (SSSR count). The second-order valence-electron chi connectivity index (χ2n) is 5.81. The van der Waals surface area contributed by atoms with Crippen LogP contribution in [0.3, 0.4) is 0 Å². The molecule has 1 N–H and O–H groups in total. The van der Waals surface area contributed by atoms with Crippen molar-refractivity contribution in [1.29, 1.82) is 0 Å². The Kier molecular flexibility index (Phi) is 4.89. The average Bonchev–Trinajstić information content (AvgIpc) is 2.86. The predicted octanol–water partition coefficient (Wildman–Crippen LogP) is 3.66. The van der Waals surface area contributed by atoms with Gasteiger partial charge in [0.1, 0.15) is 5.75 Å². The molecule has 0 spiro atoms. The summed E-state index contributed by atoms with van der Waals surface area (Å²) < 4.78 is 5.15. The van der Waals surface area contributed by atoms with Crippen LogP contribution in [0.5, 0.6) is 5.75 Å². The van der Waals surface area contributed by atoms with Gasteiger partial charge in [-0.1, -0.05) is 30.3 Å². The minimum absolute atomic E-state index is 0.0862. The fourth-order valence-corrected chi connectivity index (χ4v) is 2.95. The lowest BCUT2D eigenvalue weighted by atomic mass is 10.0. The summed E-state index contributed by atoms with van der Waals surface area (Å²) in [5.41, 5.74) is 2.31. The molecule has 0 atom stereocenters. The van der Waals surface area contributed by atoms with Crippen molar-refractivity contribution in [2.75, 3.05) is 11.5 Å². The van der Waals surface area contributed by atoms with E-state index in [0.717, 1.165) is 0 Å². The Balaban J connectivity index is 2.13. The quantitative estimate of drug-likeness (QED) is 0.676. The van der Waals surface area contributed by atoms with Gasteiger partial charge in [-0.3, -0.25) is 9.69 Å². The van der Waals surface area contributed by atoms with Crippen LogP contribution >= 0.6 is 0 Å². The summed E-state index contributed by atoms with van der Waals surface area (Å²) in [6, 6.07) is 15.6. The van der Waals surface area contributed by atoms with Gasteiger partial charge in [0.05, 0.1) is 17.8 Å². The van der Waals surface area contributed by atoms with Crippen LogP contribution in [0.15, 0.2) is 71.4 Å². The number of carbonyl (C=O) groups excluding carboxylic acids is 2. The molecule has 1 aliphatic heterocycles. The molecule has 1 amide bonds. The number of allylic oxidation sites excluding steroid dienone is 1. The number of nitrogens with zero attached hydrogens (tertiary/aromatic N) is 1. The third kappa shape index (κ3) is 3.24. The zero-order chi connectivity index (χ0) is 18.7. The Morgan fingerprint density at radius 3 is 2.54 bits per heavy atom. The predicted molar refractivity (Wildman–Crippen MR) is 99.3 cm³/mol. The molecule has 5 nitrogen and oxygen atoms in total. The minimum atomic E-state index is -0.539. The molecule has 0 radical (unpaired) electrons. The number of ether oxygens (including phenoxy) is 1. The summed E-state index contributed by atoms with van der Waals surface area (Å²) in [7, 11) is 0. The van der Waals surface area contributed by atoms with E-state index in [9.17, 15) is 14.7 Å². The van der Waals surface area contributed by atoms with Crippen molar-refractivity contribution in [2.45, 2.75) is 13.8 Å². The molecule has 132 valence electrons. The van der Waals surface area contributed by atoms with E-state index in [-0.39, 0.29) is 29.4 Å². The highest BCUT2D eigenvalue weighted by molar-refractivity contribution is 6.23. The number of amides is 1. The first kappa shape index (κ1) is 17.5. The van der Waals surface area contributed by atoms with Crippen LogP contribution in [0.1, 0.15) is 19.4 Å². The maximum Gasteiger partial charge on any atom is 0.340 e. The first-order valence-electron chi connectivity index (χ1n) is 8.31. The van der Waals surface area contributed by atoms with E-state index in [1.165, 1.54) is 11.0 Å². The summed E-state index contributed by atoms with van der Waals surface area (Å²) in [4.78, 5) is 27.1. The van der Waals surface area contributed by atoms with E-state index >= 15 is 0 Å². The van der Waals surface area contributed by atoms with Crippen molar-refractivity contribution in [3.05, 3.63) is 77.0 Å². The fraction of sp³-hybridized carbons (Fsp3) is 0.143. The van der Waals surface area contributed by atoms with E-state index in [4.69, 9.17) is 4.74 Å². The number of phenols is 1. The van der Waals surface area contributed by atoms with Crippen molar-refractivity contribution in [1.82, 2.24) is 0 Å². The Bertz CT molecular complexity index is 913. The van der Waals surface area contributed by atoms with Gasteiger partial charge >= 0.3 is 5.97 Å². The molecule has 0 aliphatic carbocycles. The molecule has 2 aromatic rings. The second kappa shape index (κ2) is 7.27. The van der Waals surface area contributed by atoms with Crippen LogP contribution < -0.4 is 4.90 Å². The van der Waals surface area contributed by atoms with Gasteiger partial charge in [0.2, 0.25) is 0 Å². The molecule has 0 unspecified atom stereocenters. The number of phenolic OH excluding ortho intramolecular Hbond substituents is 1. The lowest BCUT2D eigenvalue weighted by Gasteiger charge is -2.17. The summed E-state index contributed by atoms with van der Waals surface area (Å²) >= 11 is 0. The van der Waals surface area contributed by atoms with Crippen molar-refractivity contribution in [3.63, 3.8) is 0 Å². The Morgan fingerprint density at radius 2 is 1.88 bits per heavy atom. The number of aromatic hydroxyl groups is 1. The molecule has 5 heteroatoms. The minimum Gasteiger partial charge on any atom is -0.508 e. The van der Waals surface area contributed by atoms with Gasteiger partial charge < -0.3 is 9.84 Å². The second-order valence-corrected chi connectivity index (χ2v) is 5.81. The molecular formula is C21H19NO4. The smallest absolute Gasteiger partial charge is 0.340 e. The summed E-state index contributed by atoms with van der Waals surface area (Å²) in [5.74, 6) is -0.758. The highest BCUT2D eigenvalue weighted by Crippen LogP contribution is 2.35. The van der Waals surface area contributed by atoms with Crippen molar-refractivity contribution in [2.24, 2.45) is 0 Å². The van der Waals surface area contributed by atoms with Crippen LogP contribution in [0.25, 0.3) is 6.08 Å². The zero-order valence-electron chi connectivity index (χ0n) is 14.6. The lowest BCUT2D eigenvalue weighted by molar-refractivity contribution is -0.138. The molecule has 0 saturated heterocycles. The van der Waals surface area contributed by atoms with Crippen LogP contribution in [-0.2, 0) is 14.3 Å². The first-order valence-corrected chi connectivity index (χ1v) is 8.31. The molecule has 0 bridgehead atoms. The number of hydrogen-bond donors (Lipinski definition) is 1. The van der Waals surface area contributed by atoms with Gasteiger partial charge in [0, 0.05) is 11.4 Å². The van der Waals surface area contributed by atoms with Crippen LogP contribution in [0.4, 0.5) is 5.69 Å². The Morgan fingerprint density at radius 1 is 1.15 bits per heavy atom. The molecule has 2 aromatic carbocycles. The maximum absolute atomic E-state index is 13.1. The largest absolute Gasteiger partial charge is 0.508 e. The number of para-hydroxylation sites is 1. The van der Waals surface area contributed by atoms with E-state index in [1.54, 1.807) is 38.1 Å². The SMILES string of the molecule is CCOC(=O)C1=C(C)N(c2ccccc2)C(=O)C1=Cc1cccc(O)c1. The number of anilines is 1. The Hall–Kier alpha value is -3.34. The van der Waals surface area contributed by atoms with Crippen molar-refractivity contribution >= 4 is 23.6 Å². The van der Waals surface area contributed by atoms with E-state index in [0.29, 0.717) is 16.9 Å². The molecule has 1 aliphatic rings. The van der Waals surface area contributed by atoms with E-state index in [2.05, 4.69) is 0 Å². The third-order valence-corrected chi connectivity index (χ3v) is 4.08. The number of hydrogen-bond acceptors (Lipinski definition) is 4. The summed E-state index contributed by atoms with van der Waals surface area (Å²) in [6.45, 7) is 3.66. The van der Waals surface area contributed by atoms with Gasteiger partial charge in [0.15, 0.2) is 0 Å². The molecule has 1 heterocycles. The highest BCUT2D eigenvalue weighted by Gasteiger charge is 2.37. The number of benzene rings is 2. The number of rotatable bonds is 4.